The molecule has 2 N–H and O–H groups in total. The quantitative estimate of drug-likeness (QED) is 0.762. The smallest absolute Gasteiger partial charge is 0.133 e. The molecular formula is C10H17N3. The Kier molecular flexibility index (Phi) is 1.91. The number of nitrogens with zero attached hydrogens (tertiary/aromatic N) is 2. The number of rotatable bonds is 4. The maximum atomic E-state index is 5.87. The second kappa shape index (κ2) is 2.84. The number of hydrogen-bond donors (Lipinski definition) is 1. The Morgan fingerprint density at radius 3 is 2.62 bits per heavy atom. The molecule has 1 aromatic heterocycles. The van der Waals surface area contributed by atoms with Crippen LogP contribution in [0.5, 0.6) is 0 Å². The summed E-state index contributed by atoms with van der Waals surface area (Å²) in [6, 6.07) is 0.498. The van der Waals surface area contributed by atoms with Crippen LogP contribution >= 0.6 is 0 Å². The van der Waals surface area contributed by atoms with E-state index in [0.29, 0.717) is 6.04 Å². The third kappa shape index (κ3) is 1.03. The Morgan fingerprint density at radius 1 is 1.54 bits per heavy atom. The van der Waals surface area contributed by atoms with Crippen molar-refractivity contribution in [3.8, 4) is 0 Å². The zero-order chi connectivity index (χ0) is 9.47. The second-order valence-electron chi connectivity index (χ2n) is 3.87. The van der Waals surface area contributed by atoms with Crippen LogP contribution in [-0.2, 0) is 0 Å². The molecule has 0 aromatic carbocycles. The highest BCUT2D eigenvalue weighted by Gasteiger charge is 2.48. The van der Waals surface area contributed by atoms with Crippen molar-refractivity contribution in [1.82, 2.24) is 9.55 Å². The summed E-state index contributed by atoms with van der Waals surface area (Å²) in [5.41, 5.74) is 6.12. The Balaban J connectivity index is 2.20. The fourth-order valence-electron chi connectivity index (χ4n) is 2.29. The lowest BCUT2D eigenvalue weighted by Crippen LogP contribution is -2.32. The molecule has 13 heavy (non-hydrogen) atoms. The minimum absolute atomic E-state index is 0.254. The molecule has 0 fully saturated rings. The normalized spacial score (nSPS) is 20.1. The van der Waals surface area contributed by atoms with Crippen LogP contribution < -0.4 is 5.73 Å². The maximum Gasteiger partial charge on any atom is 0.133 e. The first kappa shape index (κ1) is 8.75. The van der Waals surface area contributed by atoms with Gasteiger partial charge in [0.1, 0.15) is 5.82 Å². The van der Waals surface area contributed by atoms with E-state index < -0.39 is 0 Å². The van der Waals surface area contributed by atoms with Gasteiger partial charge >= 0.3 is 0 Å². The maximum absolute atomic E-state index is 5.87. The minimum Gasteiger partial charge on any atom is -0.330 e. The summed E-state index contributed by atoms with van der Waals surface area (Å²) in [6.45, 7) is 5.19. The van der Waals surface area contributed by atoms with Gasteiger partial charge < -0.3 is 10.3 Å². The second-order valence-corrected chi connectivity index (χ2v) is 3.87. The van der Waals surface area contributed by atoms with Crippen LogP contribution in [0.1, 0.15) is 38.6 Å². The zero-order valence-electron chi connectivity index (χ0n) is 8.33. The first-order valence-electron chi connectivity index (χ1n) is 5.02. The van der Waals surface area contributed by atoms with Crippen molar-refractivity contribution in [1.29, 1.82) is 0 Å². The molecular weight excluding hydrogens is 162 g/mol. The summed E-state index contributed by atoms with van der Waals surface area (Å²) in [5.74, 6) is 1.22. The molecule has 0 amide bonds. The van der Waals surface area contributed by atoms with Crippen molar-refractivity contribution in [2.75, 3.05) is 6.54 Å². The van der Waals surface area contributed by atoms with E-state index in [9.17, 15) is 0 Å². The summed E-state index contributed by atoms with van der Waals surface area (Å²) >= 11 is 0. The number of imidazole rings is 1. The molecule has 1 atom stereocenters. The van der Waals surface area contributed by atoms with Gasteiger partial charge in [-0.25, -0.2) is 4.98 Å². The molecule has 1 aliphatic rings. The standard InChI is InChI=1S/C10H17N3/c1-3-10(4-2,7-11)8-9-12-5-6-13(8)9/h5-6,8H,3-4,7,11H2,1-2H3. The van der Waals surface area contributed by atoms with Crippen LogP contribution in [0.2, 0.25) is 0 Å². The van der Waals surface area contributed by atoms with Gasteiger partial charge in [-0.15, -0.1) is 0 Å². The van der Waals surface area contributed by atoms with Crippen molar-refractivity contribution in [3.05, 3.63) is 18.2 Å². The topological polar surface area (TPSA) is 43.8 Å². The van der Waals surface area contributed by atoms with E-state index in [-0.39, 0.29) is 5.41 Å². The Bertz CT molecular complexity index is 272. The third-order valence-corrected chi connectivity index (χ3v) is 3.55. The van der Waals surface area contributed by atoms with Crippen molar-refractivity contribution < 1.29 is 0 Å². The third-order valence-electron chi connectivity index (χ3n) is 3.55. The lowest BCUT2D eigenvalue weighted by molar-refractivity contribution is 0.238. The molecule has 3 nitrogen and oxygen atoms in total. The molecule has 0 bridgehead atoms. The summed E-state index contributed by atoms with van der Waals surface area (Å²) in [7, 11) is 0. The monoisotopic (exact) mass is 179 g/mol. The van der Waals surface area contributed by atoms with E-state index in [1.54, 1.807) is 0 Å². The highest BCUT2D eigenvalue weighted by atomic mass is 15.3. The Labute approximate surface area is 79.0 Å². The van der Waals surface area contributed by atoms with Gasteiger partial charge in [-0.2, -0.15) is 0 Å². The predicted octanol–water partition coefficient (Wildman–Crippen LogP) is 1.55. The first-order valence-corrected chi connectivity index (χ1v) is 5.02. The fourth-order valence-corrected chi connectivity index (χ4v) is 2.29. The van der Waals surface area contributed by atoms with Gasteiger partial charge in [-0.3, -0.25) is 0 Å². The highest BCUT2D eigenvalue weighted by molar-refractivity contribution is 5.22. The molecule has 0 saturated heterocycles. The molecule has 1 aliphatic heterocycles. The number of hydrogen-bond acceptors (Lipinski definition) is 2. The molecule has 3 heteroatoms. The van der Waals surface area contributed by atoms with Crippen LogP contribution in [0, 0.1) is 5.41 Å². The van der Waals surface area contributed by atoms with E-state index in [1.165, 1.54) is 5.82 Å². The molecule has 0 aliphatic carbocycles. The lowest BCUT2D eigenvalue weighted by Gasteiger charge is -2.29. The van der Waals surface area contributed by atoms with Gasteiger partial charge in [0, 0.05) is 24.4 Å². The molecule has 1 aromatic rings. The lowest BCUT2D eigenvalue weighted by atomic mass is 9.78. The number of aromatic nitrogens is 2. The van der Waals surface area contributed by atoms with Gasteiger partial charge in [0.25, 0.3) is 0 Å². The van der Waals surface area contributed by atoms with E-state index in [1.807, 2.05) is 6.20 Å². The highest BCUT2D eigenvalue weighted by Crippen LogP contribution is 2.50. The first-order chi connectivity index (χ1) is 6.29. The summed E-state index contributed by atoms with van der Waals surface area (Å²) in [4.78, 5) is 4.31. The van der Waals surface area contributed by atoms with Gasteiger partial charge in [-0.1, -0.05) is 13.8 Å². The van der Waals surface area contributed by atoms with Gasteiger partial charge in [0.05, 0.1) is 6.04 Å². The summed E-state index contributed by atoms with van der Waals surface area (Å²) in [5, 5.41) is 0. The molecule has 2 rings (SSSR count). The summed E-state index contributed by atoms with van der Waals surface area (Å²) < 4.78 is 2.24. The average molecular weight is 179 g/mol. The van der Waals surface area contributed by atoms with Crippen molar-refractivity contribution >= 4 is 0 Å². The van der Waals surface area contributed by atoms with Crippen molar-refractivity contribution in [2.24, 2.45) is 11.1 Å². The Morgan fingerprint density at radius 2 is 2.23 bits per heavy atom. The van der Waals surface area contributed by atoms with Crippen LogP contribution in [-0.4, -0.2) is 16.1 Å². The van der Waals surface area contributed by atoms with Gasteiger partial charge in [0.2, 0.25) is 0 Å². The van der Waals surface area contributed by atoms with Crippen LogP contribution in [0.25, 0.3) is 0 Å². The molecule has 0 radical (unpaired) electrons. The average Bonchev–Trinajstić information content (AvgIpc) is 2.68. The van der Waals surface area contributed by atoms with E-state index in [0.717, 1.165) is 19.4 Å². The van der Waals surface area contributed by atoms with Crippen LogP contribution in [0.3, 0.4) is 0 Å². The number of nitrogens with two attached hydrogens (primary N) is 1. The minimum atomic E-state index is 0.254. The zero-order valence-corrected chi connectivity index (χ0v) is 8.33. The molecule has 2 heterocycles. The largest absolute Gasteiger partial charge is 0.330 e. The molecule has 0 saturated carbocycles. The van der Waals surface area contributed by atoms with E-state index in [4.69, 9.17) is 5.73 Å². The van der Waals surface area contributed by atoms with Crippen LogP contribution in [0.4, 0.5) is 0 Å². The van der Waals surface area contributed by atoms with E-state index in [2.05, 4.69) is 29.6 Å². The van der Waals surface area contributed by atoms with Gasteiger partial charge in [0.15, 0.2) is 0 Å². The van der Waals surface area contributed by atoms with Crippen molar-refractivity contribution in [3.63, 3.8) is 0 Å². The molecule has 1 unspecified atom stereocenters. The number of fused-ring (bicyclic) bond motifs is 1. The molecule has 0 spiro atoms. The Hall–Kier alpha value is -0.830. The van der Waals surface area contributed by atoms with Crippen molar-refractivity contribution in [2.45, 2.75) is 32.7 Å². The fraction of sp³-hybridized carbons (Fsp3) is 0.700. The van der Waals surface area contributed by atoms with E-state index >= 15 is 0 Å². The predicted molar refractivity (Wildman–Crippen MR) is 52.4 cm³/mol. The summed E-state index contributed by atoms with van der Waals surface area (Å²) in [6.07, 6.45) is 6.18. The molecule has 72 valence electrons. The van der Waals surface area contributed by atoms with Crippen LogP contribution in [0.15, 0.2) is 12.4 Å². The SMILES string of the molecule is CCC(CC)(CN)C1c2nccn21. The van der Waals surface area contributed by atoms with Gasteiger partial charge in [-0.05, 0) is 12.8 Å².